The molecule has 0 aliphatic carbocycles. The molecule has 2 rings (SSSR count). The first-order valence-corrected chi connectivity index (χ1v) is 8.95. The van der Waals surface area contributed by atoms with Crippen molar-refractivity contribution in [1.29, 1.82) is 0 Å². The number of halogens is 1. The van der Waals surface area contributed by atoms with Crippen molar-refractivity contribution in [3.8, 4) is 0 Å². The normalized spacial score (nSPS) is 22.4. The number of carbonyl (C=O) groups excluding carboxylic acids is 3. The van der Waals surface area contributed by atoms with Crippen molar-refractivity contribution in [2.24, 2.45) is 5.92 Å². The van der Waals surface area contributed by atoms with Crippen LogP contribution in [0.25, 0.3) is 0 Å². The van der Waals surface area contributed by atoms with Gasteiger partial charge in [0.25, 0.3) is 5.91 Å². The first-order valence-electron chi connectivity index (χ1n) is 7.34. The molecule has 4 amide bonds. The minimum atomic E-state index is -1.13. The molecule has 2 heterocycles. The zero-order chi connectivity index (χ0) is 17.4. The molecule has 0 saturated carbocycles. The molecule has 0 spiro atoms. The molecule has 8 heteroatoms. The van der Waals surface area contributed by atoms with Gasteiger partial charge in [0.05, 0.1) is 3.79 Å². The van der Waals surface area contributed by atoms with Gasteiger partial charge < -0.3 is 10.6 Å². The van der Waals surface area contributed by atoms with Gasteiger partial charge in [-0.15, -0.1) is 11.3 Å². The third-order valence-electron chi connectivity index (χ3n) is 4.03. The zero-order valence-corrected chi connectivity index (χ0v) is 15.9. The second-order valence-electron chi connectivity index (χ2n) is 6.15. The molecule has 2 N–H and O–H groups in total. The third-order valence-corrected chi connectivity index (χ3v) is 5.88. The van der Waals surface area contributed by atoms with Gasteiger partial charge in [0.15, 0.2) is 5.54 Å². The van der Waals surface area contributed by atoms with Crippen LogP contribution in [0.4, 0.5) is 4.79 Å². The molecule has 1 fully saturated rings. The topological polar surface area (TPSA) is 78.5 Å². The predicted octanol–water partition coefficient (Wildman–Crippen LogP) is 2.44. The third kappa shape index (κ3) is 3.58. The van der Waals surface area contributed by atoms with E-state index in [-0.39, 0.29) is 24.4 Å². The number of carbonyl (C=O) groups is 3. The summed E-state index contributed by atoms with van der Waals surface area (Å²) in [5, 5.41) is 5.49. The van der Waals surface area contributed by atoms with Gasteiger partial charge in [-0.05, 0) is 47.8 Å². The van der Waals surface area contributed by atoms with Crippen LogP contribution in [0.15, 0.2) is 15.9 Å². The molecular weight excluding hydrogens is 382 g/mol. The Hall–Kier alpha value is -1.41. The number of amides is 4. The summed E-state index contributed by atoms with van der Waals surface area (Å²) in [6.45, 7) is 7.25. The summed E-state index contributed by atoms with van der Waals surface area (Å²) in [5.74, 6) is -0.480. The van der Waals surface area contributed by atoms with Crippen molar-refractivity contribution in [2.45, 2.75) is 39.3 Å². The Morgan fingerprint density at radius 3 is 2.57 bits per heavy atom. The summed E-state index contributed by atoms with van der Waals surface area (Å²) in [4.78, 5) is 38.6. The van der Waals surface area contributed by atoms with Gasteiger partial charge in [-0.1, -0.05) is 13.8 Å². The minimum absolute atomic E-state index is 0.0251. The number of rotatable bonds is 5. The number of thiophene rings is 1. The fourth-order valence-electron chi connectivity index (χ4n) is 2.20. The van der Waals surface area contributed by atoms with Crippen molar-refractivity contribution in [1.82, 2.24) is 15.5 Å². The van der Waals surface area contributed by atoms with Gasteiger partial charge in [-0.2, -0.15) is 0 Å². The molecule has 2 atom stereocenters. The molecule has 1 aliphatic heterocycles. The van der Waals surface area contributed by atoms with Gasteiger partial charge >= 0.3 is 6.03 Å². The molecule has 0 aromatic carbocycles. The number of hydrogen-bond acceptors (Lipinski definition) is 4. The van der Waals surface area contributed by atoms with E-state index in [1.807, 2.05) is 26.8 Å². The van der Waals surface area contributed by atoms with Gasteiger partial charge in [0.2, 0.25) is 5.91 Å². The summed E-state index contributed by atoms with van der Waals surface area (Å²) >= 11 is 4.73. The van der Waals surface area contributed by atoms with Crippen LogP contribution < -0.4 is 10.6 Å². The highest BCUT2D eigenvalue weighted by atomic mass is 79.9. The van der Waals surface area contributed by atoms with E-state index in [0.717, 1.165) is 13.6 Å². The van der Waals surface area contributed by atoms with Crippen LogP contribution in [-0.4, -0.2) is 35.3 Å². The Morgan fingerprint density at radius 1 is 1.39 bits per heavy atom. The molecular formula is C15H20BrN3O3S. The van der Waals surface area contributed by atoms with Gasteiger partial charge in [-0.3, -0.25) is 14.5 Å². The average Bonchev–Trinajstić information content (AvgIpc) is 2.97. The molecule has 0 bridgehead atoms. The van der Waals surface area contributed by atoms with Gasteiger partial charge in [0, 0.05) is 10.9 Å². The molecule has 23 heavy (non-hydrogen) atoms. The highest BCUT2D eigenvalue weighted by Gasteiger charge is 2.50. The standard InChI is InChI=1S/C15H20BrN3O3S/c1-8(2)9(3)17-12(20)7-19-13(21)15(4,18-14(19)22)10-5-6-11(16)23-10/h5-6,8-9H,7H2,1-4H3,(H,17,20)(H,18,22). The van der Waals surface area contributed by atoms with Crippen LogP contribution in [0.3, 0.4) is 0 Å². The molecule has 6 nitrogen and oxygen atoms in total. The maximum atomic E-state index is 12.7. The minimum Gasteiger partial charge on any atom is -0.352 e. The lowest BCUT2D eigenvalue weighted by Crippen LogP contribution is -2.45. The van der Waals surface area contributed by atoms with Crippen molar-refractivity contribution in [3.05, 3.63) is 20.8 Å². The van der Waals surface area contributed by atoms with E-state index < -0.39 is 17.5 Å². The molecule has 1 aromatic heterocycles. The zero-order valence-electron chi connectivity index (χ0n) is 13.5. The smallest absolute Gasteiger partial charge is 0.325 e. The Labute approximate surface area is 147 Å². The fraction of sp³-hybridized carbons (Fsp3) is 0.533. The van der Waals surface area contributed by atoms with E-state index in [0.29, 0.717) is 0 Å². The van der Waals surface area contributed by atoms with Crippen LogP contribution >= 0.6 is 27.3 Å². The van der Waals surface area contributed by atoms with Gasteiger partial charge in [-0.25, -0.2) is 4.79 Å². The first-order chi connectivity index (χ1) is 10.6. The number of hydrogen-bond donors (Lipinski definition) is 2. The number of urea groups is 1. The summed E-state index contributed by atoms with van der Waals surface area (Å²) in [6.07, 6.45) is 0. The van der Waals surface area contributed by atoms with Crippen LogP contribution in [0.5, 0.6) is 0 Å². The molecule has 1 aromatic rings. The van der Waals surface area contributed by atoms with Crippen molar-refractivity contribution in [3.63, 3.8) is 0 Å². The van der Waals surface area contributed by atoms with Crippen molar-refractivity contribution in [2.75, 3.05) is 6.54 Å². The summed E-state index contributed by atoms with van der Waals surface area (Å²) in [6, 6.07) is 3.04. The molecule has 0 radical (unpaired) electrons. The SMILES string of the molecule is CC(C)C(C)NC(=O)CN1C(=O)NC(C)(c2ccc(Br)s2)C1=O. The second kappa shape index (κ2) is 6.60. The van der Waals surface area contributed by atoms with E-state index in [9.17, 15) is 14.4 Å². The van der Waals surface area contributed by atoms with Crippen LogP contribution in [0.2, 0.25) is 0 Å². The maximum Gasteiger partial charge on any atom is 0.325 e. The second-order valence-corrected chi connectivity index (χ2v) is 8.61. The van der Waals surface area contributed by atoms with E-state index in [1.54, 1.807) is 13.0 Å². The van der Waals surface area contributed by atoms with Crippen LogP contribution in [0.1, 0.15) is 32.6 Å². The predicted molar refractivity (Wildman–Crippen MR) is 92.1 cm³/mol. The summed E-state index contributed by atoms with van der Waals surface area (Å²) < 4.78 is 0.873. The average molecular weight is 402 g/mol. The summed E-state index contributed by atoms with van der Waals surface area (Å²) in [7, 11) is 0. The molecule has 2 unspecified atom stereocenters. The number of imide groups is 1. The fourth-order valence-corrected chi connectivity index (χ4v) is 3.68. The lowest BCUT2D eigenvalue weighted by atomic mass is 10.0. The molecule has 1 saturated heterocycles. The maximum absolute atomic E-state index is 12.7. The Balaban J connectivity index is 2.11. The largest absolute Gasteiger partial charge is 0.352 e. The quantitative estimate of drug-likeness (QED) is 0.743. The Morgan fingerprint density at radius 2 is 2.04 bits per heavy atom. The van der Waals surface area contributed by atoms with Crippen LogP contribution in [-0.2, 0) is 15.1 Å². The molecule has 1 aliphatic rings. The van der Waals surface area contributed by atoms with Crippen molar-refractivity contribution < 1.29 is 14.4 Å². The Kier molecular flexibility index (Phi) is 5.15. The van der Waals surface area contributed by atoms with Crippen LogP contribution in [0, 0.1) is 5.92 Å². The highest BCUT2D eigenvalue weighted by molar-refractivity contribution is 9.11. The van der Waals surface area contributed by atoms with E-state index in [2.05, 4.69) is 26.6 Å². The lowest BCUT2D eigenvalue weighted by molar-refractivity contribution is -0.135. The number of nitrogens with zero attached hydrogens (tertiary/aromatic N) is 1. The number of nitrogens with one attached hydrogen (secondary N) is 2. The monoisotopic (exact) mass is 401 g/mol. The summed E-state index contributed by atoms with van der Waals surface area (Å²) in [5.41, 5.74) is -1.13. The first kappa shape index (κ1) is 17.9. The lowest BCUT2D eigenvalue weighted by Gasteiger charge is -2.21. The van der Waals surface area contributed by atoms with Crippen molar-refractivity contribution >= 4 is 45.1 Å². The molecule has 126 valence electrons. The van der Waals surface area contributed by atoms with E-state index >= 15 is 0 Å². The highest BCUT2D eigenvalue weighted by Crippen LogP contribution is 2.35. The Bertz CT molecular complexity index is 646. The van der Waals surface area contributed by atoms with E-state index in [4.69, 9.17) is 0 Å². The van der Waals surface area contributed by atoms with E-state index in [1.165, 1.54) is 11.3 Å². The van der Waals surface area contributed by atoms with Gasteiger partial charge in [0.1, 0.15) is 6.54 Å².